The molecule has 1 aliphatic heterocycles. The first-order valence-electron chi connectivity index (χ1n) is 13.9. The molecule has 0 N–H and O–H groups in total. The predicted molar refractivity (Wildman–Crippen MR) is 172 cm³/mol. The number of benzene rings is 3. The van der Waals surface area contributed by atoms with Crippen molar-refractivity contribution in [3.8, 4) is 51.0 Å². The maximum Gasteiger partial charge on any atom is 0.338 e. The summed E-state index contributed by atoms with van der Waals surface area (Å²) in [7, 11) is 1.48. The Morgan fingerprint density at radius 1 is 0.783 bits per heavy atom. The molecule has 1 fully saturated rings. The molecule has 10 nitrogen and oxygen atoms in total. The molecule has 46 heavy (non-hydrogen) atoms. The van der Waals surface area contributed by atoms with Crippen molar-refractivity contribution < 1.29 is 47.6 Å². The van der Waals surface area contributed by atoms with Gasteiger partial charge in [0.15, 0.2) is 23.0 Å². The number of allylic oxidation sites excluding steroid dienone is 1. The van der Waals surface area contributed by atoms with Crippen molar-refractivity contribution in [1.82, 2.24) is 0 Å². The first-order valence-corrected chi connectivity index (χ1v) is 13.9. The third-order valence-electron chi connectivity index (χ3n) is 6.07. The topological polar surface area (TPSA) is 127 Å². The van der Waals surface area contributed by atoms with E-state index in [1.807, 2.05) is 24.3 Å². The molecule has 10 heteroatoms. The van der Waals surface area contributed by atoms with Gasteiger partial charge >= 0.3 is 17.9 Å². The lowest BCUT2D eigenvalue weighted by molar-refractivity contribution is -0.131. The van der Waals surface area contributed by atoms with Gasteiger partial charge in [-0.05, 0) is 66.4 Å². The standard InChI is InChI=1S/C32H28O9.C4H6O/c1-6-30(33)39-26-13-10-22(16-29(26)40-31(34)7-2)24-11-8-20(14-27(24)38-18-23-17-37-23)21-9-12-25(36-5)28(15-21)41-32(35)19(3)4;1-4(2)3-5/h6-16,23H,1-3,17-18H2,4-5H3;3H,1H2,2H3. The summed E-state index contributed by atoms with van der Waals surface area (Å²) in [5, 5.41) is 0. The van der Waals surface area contributed by atoms with Gasteiger partial charge in [0, 0.05) is 23.3 Å². The van der Waals surface area contributed by atoms with E-state index >= 15 is 0 Å². The van der Waals surface area contributed by atoms with E-state index in [1.54, 1.807) is 38.1 Å². The monoisotopic (exact) mass is 626 g/mol. The van der Waals surface area contributed by atoms with Crippen LogP contribution in [0.25, 0.3) is 22.3 Å². The summed E-state index contributed by atoms with van der Waals surface area (Å²) in [6.45, 7) is 17.9. The second-order valence-electron chi connectivity index (χ2n) is 9.89. The van der Waals surface area contributed by atoms with E-state index in [2.05, 4.69) is 26.3 Å². The van der Waals surface area contributed by atoms with Crippen LogP contribution in [0.1, 0.15) is 13.8 Å². The van der Waals surface area contributed by atoms with Gasteiger partial charge in [-0.1, -0.05) is 50.6 Å². The second-order valence-corrected chi connectivity index (χ2v) is 9.89. The molecule has 1 heterocycles. The van der Waals surface area contributed by atoms with E-state index in [4.69, 9.17) is 28.4 Å². The van der Waals surface area contributed by atoms with Gasteiger partial charge in [0.25, 0.3) is 0 Å². The number of aldehydes is 1. The molecule has 4 rings (SSSR count). The van der Waals surface area contributed by atoms with Gasteiger partial charge in [-0.2, -0.15) is 0 Å². The average molecular weight is 627 g/mol. The van der Waals surface area contributed by atoms with Crippen molar-refractivity contribution in [2.24, 2.45) is 0 Å². The SMILES string of the molecule is C=C(C)C=O.C=CC(=O)Oc1ccc(-c2ccc(-c3ccc(OC)c(OC(=O)C(=C)C)c3)cc2OCC2CO2)cc1OC(=O)C=C. The summed E-state index contributed by atoms with van der Waals surface area (Å²) in [5.74, 6) is -0.796. The number of esters is 3. The zero-order valence-electron chi connectivity index (χ0n) is 25.8. The van der Waals surface area contributed by atoms with Crippen molar-refractivity contribution >= 4 is 24.2 Å². The number of hydrogen-bond acceptors (Lipinski definition) is 10. The molecule has 0 radical (unpaired) electrons. The number of hydrogen-bond donors (Lipinski definition) is 0. The van der Waals surface area contributed by atoms with Gasteiger partial charge in [-0.3, -0.25) is 4.79 Å². The maximum absolute atomic E-state index is 12.2. The van der Waals surface area contributed by atoms with E-state index in [-0.39, 0.29) is 28.9 Å². The van der Waals surface area contributed by atoms with Crippen LogP contribution in [-0.2, 0) is 23.9 Å². The van der Waals surface area contributed by atoms with E-state index in [0.717, 1.165) is 29.6 Å². The fraction of sp³-hybridized carbons (Fsp3) is 0.167. The highest BCUT2D eigenvalue weighted by atomic mass is 16.6. The van der Waals surface area contributed by atoms with E-state index in [9.17, 15) is 19.2 Å². The lowest BCUT2D eigenvalue weighted by Crippen LogP contribution is -2.09. The van der Waals surface area contributed by atoms with Gasteiger partial charge in [-0.25, -0.2) is 14.4 Å². The van der Waals surface area contributed by atoms with Gasteiger partial charge in [-0.15, -0.1) is 0 Å². The molecule has 238 valence electrons. The molecular weight excluding hydrogens is 592 g/mol. The Hall–Kier alpha value is -5.74. The first kappa shape index (κ1) is 34.7. The molecule has 3 aromatic carbocycles. The van der Waals surface area contributed by atoms with Crippen LogP contribution in [-0.4, -0.2) is 50.6 Å². The zero-order chi connectivity index (χ0) is 33.8. The molecule has 1 atom stereocenters. The van der Waals surface area contributed by atoms with Crippen molar-refractivity contribution in [2.75, 3.05) is 20.3 Å². The Labute approximate surface area is 267 Å². The van der Waals surface area contributed by atoms with Crippen molar-refractivity contribution in [3.05, 3.63) is 104 Å². The van der Waals surface area contributed by atoms with Gasteiger partial charge < -0.3 is 28.4 Å². The molecular formula is C36H34O10. The maximum atomic E-state index is 12.2. The van der Waals surface area contributed by atoms with Crippen molar-refractivity contribution in [3.63, 3.8) is 0 Å². The number of rotatable bonds is 13. The molecule has 0 spiro atoms. The van der Waals surface area contributed by atoms with E-state index in [0.29, 0.717) is 41.4 Å². The summed E-state index contributed by atoms with van der Waals surface area (Å²) in [6.07, 6.45) is 2.72. The Bertz CT molecular complexity index is 1680. The fourth-order valence-corrected chi connectivity index (χ4v) is 3.67. The summed E-state index contributed by atoms with van der Waals surface area (Å²) < 4.78 is 32.8. The fourth-order valence-electron chi connectivity index (χ4n) is 3.67. The Kier molecular flexibility index (Phi) is 12.4. The Morgan fingerprint density at radius 2 is 1.28 bits per heavy atom. The van der Waals surface area contributed by atoms with Gasteiger partial charge in [0.1, 0.15) is 24.7 Å². The lowest BCUT2D eigenvalue weighted by atomic mass is 9.98. The van der Waals surface area contributed by atoms with Crippen LogP contribution in [0.15, 0.2) is 104 Å². The quantitative estimate of drug-likeness (QED) is 0.0708. The number of ether oxygens (including phenoxy) is 6. The van der Waals surface area contributed by atoms with Crippen molar-refractivity contribution in [2.45, 2.75) is 20.0 Å². The molecule has 0 aromatic heterocycles. The Morgan fingerprint density at radius 3 is 1.83 bits per heavy atom. The summed E-state index contributed by atoms with van der Waals surface area (Å²) >= 11 is 0. The van der Waals surface area contributed by atoms with Crippen LogP contribution in [0.4, 0.5) is 0 Å². The van der Waals surface area contributed by atoms with Crippen LogP contribution in [0.2, 0.25) is 0 Å². The highest BCUT2D eigenvalue weighted by Crippen LogP contribution is 2.40. The van der Waals surface area contributed by atoms with Gasteiger partial charge in [0.05, 0.1) is 13.7 Å². The Balaban J connectivity index is 0.00000107. The largest absolute Gasteiger partial charge is 0.493 e. The molecule has 1 saturated heterocycles. The molecule has 1 unspecified atom stereocenters. The van der Waals surface area contributed by atoms with Crippen LogP contribution >= 0.6 is 0 Å². The van der Waals surface area contributed by atoms with Crippen molar-refractivity contribution in [1.29, 1.82) is 0 Å². The normalized spacial score (nSPS) is 12.6. The minimum atomic E-state index is -0.724. The highest BCUT2D eigenvalue weighted by Gasteiger charge is 2.24. The minimum absolute atomic E-state index is 0.00884. The summed E-state index contributed by atoms with van der Waals surface area (Å²) in [4.78, 5) is 45.4. The van der Waals surface area contributed by atoms with Crippen LogP contribution < -0.4 is 23.7 Å². The minimum Gasteiger partial charge on any atom is -0.493 e. The molecule has 3 aromatic rings. The summed E-state index contributed by atoms with van der Waals surface area (Å²) in [6, 6.07) is 15.5. The molecule has 1 aliphatic rings. The number of carbonyl (C=O) groups excluding carboxylic acids is 4. The smallest absolute Gasteiger partial charge is 0.338 e. The average Bonchev–Trinajstić information content (AvgIpc) is 3.89. The number of carbonyl (C=O) groups is 4. The predicted octanol–water partition coefficient (Wildman–Crippen LogP) is 6.23. The molecule has 0 amide bonds. The second kappa shape index (κ2) is 16.4. The van der Waals surface area contributed by atoms with Crippen LogP contribution in [0, 0.1) is 0 Å². The van der Waals surface area contributed by atoms with E-state index in [1.165, 1.54) is 13.2 Å². The highest BCUT2D eigenvalue weighted by molar-refractivity contribution is 5.90. The van der Waals surface area contributed by atoms with E-state index < -0.39 is 17.9 Å². The summed E-state index contributed by atoms with van der Waals surface area (Å²) in [5.41, 5.74) is 3.63. The third-order valence-corrected chi connectivity index (χ3v) is 6.07. The number of epoxide rings is 1. The van der Waals surface area contributed by atoms with Crippen LogP contribution in [0.5, 0.6) is 28.7 Å². The molecule has 0 saturated carbocycles. The third kappa shape index (κ3) is 9.90. The number of methoxy groups -OCH3 is 1. The first-order chi connectivity index (χ1) is 22.0. The molecule has 0 aliphatic carbocycles. The zero-order valence-corrected chi connectivity index (χ0v) is 25.8. The van der Waals surface area contributed by atoms with Gasteiger partial charge in [0.2, 0.25) is 0 Å². The molecule has 0 bridgehead atoms. The lowest BCUT2D eigenvalue weighted by Gasteiger charge is -2.16. The van der Waals surface area contributed by atoms with Crippen LogP contribution in [0.3, 0.4) is 0 Å².